The summed E-state index contributed by atoms with van der Waals surface area (Å²) in [4.78, 5) is 12.8. The molecule has 0 aromatic heterocycles. The van der Waals surface area contributed by atoms with Gasteiger partial charge in [-0.3, -0.25) is 15.0 Å². The number of piperazine rings is 1. The smallest absolute Gasteiger partial charge is 0.273 e. The maximum absolute atomic E-state index is 12.9. The van der Waals surface area contributed by atoms with E-state index < -0.39 is 14.9 Å². The molecule has 0 amide bonds. The number of hydrogen-bond donors (Lipinski definition) is 0. The second-order valence-corrected chi connectivity index (χ2v) is 8.23. The molecular weight excluding hydrogens is 354 g/mol. The first-order chi connectivity index (χ1) is 12.4. The van der Waals surface area contributed by atoms with Crippen LogP contribution in [0, 0.1) is 17.0 Å². The third kappa shape index (κ3) is 3.77. The Bertz CT molecular complexity index is 892. The zero-order chi connectivity index (χ0) is 18.7. The summed E-state index contributed by atoms with van der Waals surface area (Å²) in [6.07, 6.45) is 0. The molecule has 2 aromatic rings. The SMILES string of the molecule is Cc1c([N+](=O)[O-])cccc1S(=O)(=O)N1CCN(Cc2ccccc2)CC1. The molecule has 1 heterocycles. The summed E-state index contributed by atoms with van der Waals surface area (Å²) in [5.74, 6) is 0. The Morgan fingerprint density at radius 3 is 2.27 bits per heavy atom. The summed E-state index contributed by atoms with van der Waals surface area (Å²) in [6, 6.07) is 14.2. The molecule has 1 aliphatic rings. The first-order valence-electron chi connectivity index (χ1n) is 8.40. The molecule has 26 heavy (non-hydrogen) atoms. The third-order valence-electron chi connectivity index (χ3n) is 4.65. The lowest BCUT2D eigenvalue weighted by atomic mass is 10.2. The van der Waals surface area contributed by atoms with Crippen LogP contribution >= 0.6 is 0 Å². The Balaban J connectivity index is 1.72. The van der Waals surface area contributed by atoms with Gasteiger partial charge in [0.1, 0.15) is 0 Å². The highest BCUT2D eigenvalue weighted by atomic mass is 32.2. The van der Waals surface area contributed by atoms with Gasteiger partial charge in [-0.1, -0.05) is 36.4 Å². The van der Waals surface area contributed by atoms with E-state index in [1.54, 1.807) is 0 Å². The fraction of sp³-hybridized carbons (Fsp3) is 0.333. The van der Waals surface area contributed by atoms with Crippen molar-refractivity contribution < 1.29 is 13.3 Å². The van der Waals surface area contributed by atoms with Gasteiger partial charge in [0.15, 0.2) is 0 Å². The first-order valence-corrected chi connectivity index (χ1v) is 9.84. The van der Waals surface area contributed by atoms with E-state index in [4.69, 9.17) is 0 Å². The second kappa shape index (κ2) is 7.53. The van der Waals surface area contributed by atoms with E-state index in [2.05, 4.69) is 17.0 Å². The van der Waals surface area contributed by atoms with Crippen molar-refractivity contribution in [2.45, 2.75) is 18.4 Å². The van der Waals surface area contributed by atoms with Crippen LogP contribution in [0.25, 0.3) is 0 Å². The highest BCUT2D eigenvalue weighted by Crippen LogP contribution is 2.27. The summed E-state index contributed by atoms with van der Waals surface area (Å²) in [5.41, 5.74) is 1.20. The maximum atomic E-state index is 12.9. The average Bonchev–Trinajstić information content (AvgIpc) is 2.63. The van der Waals surface area contributed by atoms with Gasteiger partial charge in [-0.2, -0.15) is 4.31 Å². The predicted octanol–water partition coefficient (Wildman–Crippen LogP) is 2.41. The van der Waals surface area contributed by atoms with Crippen molar-refractivity contribution in [3.8, 4) is 0 Å². The molecule has 0 atom stereocenters. The summed E-state index contributed by atoms with van der Waals surface area (Å²) in [7, 11) is -3.74. The normalized spacial score (nSPS) is 16.5. The molecule has 0 unspecified atom stereocenters. The van der Waals surface area contributed by atoms with Crippen LogP contribution in [0.4, 0.5) is 5.69 Å². The van der Waals surface area contributed by atoms with Crippen LogP contribution in [0.3, 0.4) is 0 Å². The van der Waals surface area contributed by atoms with Crippen LogP contribution in [0.15, 0.2) is 53.4 Å². The number of benzene rings is 2. The average molecular weight is 375 g/mol. The summed E-state index contributed by atoms with van der Waals surface area (Å²) in [5, 5.41) is 11.1. The molecule has 138 valence electrons. The minimum Gasteiger partial charge on any atom is -0.296 e. The zero-order valence-electron chi connectivity index (χ0n) is 14.5. The van der Waals surface area contributed by atoms with Gasteiger partial charge >= 0.3 is 0 Å². The number of nitrogens with zero attached hydrogens (tertiary/aromatic N) is 3. The molecule has 0 bridgehead atoms. The number of sulfonamides is 1. The molecule has 3 rings (SSSR count). The molecular formula is C18H21N3O4S. The van der Waals surface area contributed by atoms with Crippen molar-refractivity contribution in [1.82, 2.24) is 9.21 Å². The fourth-order valence-corrected chi connectivity index (χ4v) is 4.85. The molecule has 1 saturated heterocycles. The Labute approximate surface area is 153 Å². The van der Waals surface area contributed by atoms with Crippen molar-refractivity contribution in [3.63, 3.8) is 0 Å². The van der Waals surface area contributed by atoms with Crippen LogP contribution in [0.5, 0.6) is 0 Å². The molecule has 0 spiro atoms. The largest absolute Gasteiger partial charge is 0.296 e. The number of nitro benzene ring substituents is 1. The predicted molar refractivity (Wildman–Crippen MR) is 98.3 cm³/mol. The number of nitro groups is 1. The Morgan fingerprint density at radius 2 is 1.65 bits per heavy atom. The number of hydrogen-bond acceptors (Lipinski definition) is 5. The fourth-order valence-electron chi connectivity index (χ4n) is 3.19. The standard InChI is InChI=1S/C18H21N3O4S/c1-15-17(21(22)23)8-5-9-18(15)26(24,25)20-12-10-19(11-13-20)14-16-6-3-2-4-7-16/h2-9H,10-14H2,1H3. The molecule has 8 heteroatoms. The molecule has 0 saturated carbocycles. The zero-order valence-corrected chi connectivity index (χ0v) is 15.4. The lowest BCUT2D eigenvalue weighted by Crippen LogP contribution is -2.48. The topological polar surface area (TPSA) is 83.8 Å². The molecule has 2 aromatic carbocycles. The highest BCUT2D eigenvalue weighted by molar-refractivity contribution is 7.89. The van der Waals surface area contributed by atoms with Crippen LogP contribution in [0.1, 0.15) is 11.1 Å². The summed E-state index contributed by atoms with van der Waals surface area (Å²) >= 11 is 0. The molecule has 1 fully saturated rings. The second-order valence-electron chi connectivity index (χ2n) is 6.32. The van der Waals surface area contributed by atoms with Gasteiger partial charge in [0.05, 0.1) is 9.82 Å². The van der Waals surface area contributed by atoms with Crippen molar-refractivity contribution in [2.75, 3.05) is 26.2 Å². The lowest BCUT2D eigenvalue weighted by molar-refractivity contribution is -0.385. The van der Waals surface area contributed by atoms with E-state index >= 15 is 0 Å². The highest BCUT2D eigenvalue weighted by Gasteiger charge is 2.31. The van der Waals surface area contributed by atoms with E-state index in [1.807, 2.05) is 18.2 Å². The molecule has 1 aliphatic heterocycles. The van der Waals surface area contributed by atoms with E-state index in [-0.39, 0.29) is 16.1 Å². The van der Waals surface area contributed by atoms with Gasteiger partial charge in [-0.05, 0) is 18.6 Å². The lowest BCUT2D eigenvalue weighted by Gasteiger charge is -2.34. The summed E-state index contributed by atoms with van der Waals surface area (Å²) in [6.45, 7) is 4.26. The van der Waals surface area contributed by atoms with E-state index in [0.29, 0.717) is 26.2 Å². The van der Waals surface area contributed by atoms with E-state index in [0.717, 1.165) is 6.54 Å². The third-order valence-corrected chi connectivity index (χ3v) is 6.69. The van der Waals surface area contributed by atoms with Crippen molar-refractivity contribution in [3.05, 3.63) is 69.8 Å². The quantitative estimate of drug-likeness (QED) is 0.592. The van der Waals surface area contributed by atoms with Gasteiger partial charge in [-0.25, -0.2) is 8.42 Å². The monoisotopic (exact) mass is 375 g/mol. The molecule has 0 radical (unpaired) electrons. The van der Waals surface area contributed by atoms with E-state index in [1.165, 1.54) is 35.0 Å². The molecule has 0 aliphatic carbocycles. The maximum Gasteiger partial charge on any atom is 0.273 e. The van der Waals surface area contributed by atoms with Crippen LogP contribution < -0.4 is 0 Å². The molecule has 7 nitrogen and oxygen atoms in total. The van der Waals surface area contributed by atoms with Gasteiger partial charge < -0.3 is 0 Å². The van der Waals surface area contributed by atoms with Gasteiger partial charge in [0.25, 0.3) is 5.69 Å². The van der Waals surface area contributed by atoms with Crippen LogP contribution in [0.2, 0.25) is 0 Å². The van der Waals surface area contributed by atoms with E-state index in [9.17, 15) is 18.5 Å². The van der Waals surface area contributed by atoms with Crippen molar-refractivity contribution in [1.29, 1.82) is 0 Å². The molecule has 0 N–H and O–H groups in total. The van der Waals surface area contributed by atoms with Crippen molar-refractivity contribution >= 4 is 15.7 Å². The van der Waals surface area contributed by atoms with Crippen LogP contribution in [-0.2, 0) is 16.6 Å². The Hall–Kier alpha value is -2.29. The minimum absolute atomic E-state index is 0.0169. The van der Waals surface area contributed by atoms with Crippen molar-refractivity contribution in [2.24, 2.45) is 0 Å². The first kappa shape index (κ1) is 18.5. The van der Waals surface area contributed by atoms with Gasteiger partial charge in [0.2, 0.25) is 10.0 Å². The summed E-state index contributed by atoms with van der Waals surface area (Å²) < 4.78 is 27.3. The van der Waals surface area contributed by atoms with Crippen LogP contribution in [-0.4, -0.2) is 48.7 Å². The van der Waals surface area contributed by atoms with Gasteiger partial charge in [-0.15, -0.1) is 0 Å². The Kier molecular flexibility index (Phi) is 5.36. The number of rotatable bonds is 5. The minimum atomic E-state index is -3.74. The Morgan fingerprint density at radius 1 is 1.00 bits per heavy atom. The van der Waals surface area contributed by atoms with Gasteiger partial charge in [0, 0.05) is 44.4 Å².